The number of sulfone groups is 1. The standard InChI is InChI=1S/C20H23N3O5S/c1-29(27,28)16-8-9-17(18(14-16)23(25)26)21-12-13-22-19(24)20(10-5-11-20)15-6-3-2-4-7-15/h2-4,6-9,14,21H,5,10-13H2,1H3,(H,22,24). The van der Waals surface area contributed by atoms with E-state index in [9.17, 15) is 23.3 Å². The van der Waals surface area contributed by atoms with Gasteiger partial charge >= 0.3 is 0 Å². The lowest BCUT2D eigenvalue weighted by atomic mass is 9.64. The maximum atomic E-state index is 12.8. The molecule has 0 radical (unpaired) electrons. The van der Waals surface area contributed by atoms with E-state index in [1.165, 1.54) is 12.1 Å². The van der Waals surface area contributed by atoms with Crippen molar-refractivity contribution in [2.75, 3.05) is 24.7 Å². The number of anilines is 1. The Morgan fingerprint density at radius 2 is 1.83 bits per heavy atom. The maximum absolute atomic E-state index is 12.8. The average Bonchev–Trinajstić information content (AvgIpc) is 2.64. The lowest BCUT2D eigenvalue weighted by Crippen LogP contribution is -2.50. The van der Waals surface area contributed by atoms with E-state index in [1.807, 2.05) is 30.3 Å². The van der Waals surface area contributed by atoms with Crippen molar-refractivity contribution >= 4 is 27.1 Å². The van der Waals surface area contributed by atoms with Crippen molar-refractivity contribution in [3.8, 4) is 0 Å². The summed E-state index contributed by atoms with van der Waals surface area (Å²) in [5.74, 6) is -0.0429. The van der Waals surface area contributed by atoms with Gasteiger partial charge in [-0.1, -0.05) is 36.8 Å². The Morgan fingerprint density at radius 3 is 2.38 bits per heavy atom. The van der Waals surface area contributed by atoms with Gasteiger partial charge in [0.1, 0.15) is 5.69 Å². The van der Waals surface area contributed by atoms with Crippen LogP contribution in [0, 0.1) is 10.1 Å². The van der Waals surface area contributed by atoms with E-state index in [-0.39, 0.29) is 28.7 Å². The van der Waals surface area contributed by atoms with Crippen LogP contribution in [0.5, 0.6) is 0 Å². The molecule has 2 N–H and O–H groups in total. The Hall–Kier alpha value is -2.94. The van der Waals surface area contributed by atoms with E-state index in [1.54, 1.807) is 0 Å². The van der Waals surface area contributed by atoms with E-state index >= 15 is 0 Å². The number of amides is 1. The lowest BCUT2D eigenvalue weighted by Gasteiger charge is -2.40. The highest BCUT2D eigenvalue weighted by Gasteiger charge is 2.45. The van der Waals surface area contributed by atoms with Crippen molar-refractivity contribution in [3.05, 3.63) is 64.2 Å². The molecular weight excluding hydrogens is 394 g/mol. The fourth-order valence-electron chi connectivity index (χ4n) is 3.52. The summed E-state index contributed by atoms with van der Waals surface area (Å²) < 4.78 is 23.2. The van der Waals surface area contributed by atoms with Gasteiger partial charge in [-0.15, -0.1) is 0 Å². The number of benzene rings is 2. The molecule has 8 nitrogen and oxygen atoms in total. The van der Waals surface area contributed by atoms with Crippen LogP contribution < -0.4 is 10.6 Å². The molecular formula is C20H23N3O5S. The van der Waals surface area contributed by atoms with Gasteiger partial charge in [0.25, 0.3) is 5.69 Å². The van der Waals surface area contributed by atoms with Crippen molar-refractivity contribution in [2.24, 2.45) is 0 Å². The molecule has 1 fully saturated rings. The third-order valence-electron chi connectivity index (χ3n) is 5.29. The summed E-state index contributed by atoms with van der Waals surface area (Å²) in [6, 6.07) is 13.4. The quantitative estimate of drug-likeness (QED) is 0.387. The molecule has 3 rings (SSSR count). The van der Waals surface area contributed by atoms with Crippen molar-refractivity contribution < 1.29 is 18.1 Å². The maximum Gasteiger partial charge on any atom is 0.293 e. The first kappa shape index (κ1) is 20.8. The molecule has 29 heavy (non-hydrogen) atoms. The summed E-state index contributed by atoms with van der Waals surface area (Å²) in [4.78, 5) is 23.3. The van der Waals surface area contributed by atoms with Crippen LogP contribution in [-0.2, 0) is 20.0 Å². The van der Waals surface area contributed by atoms with Crippen LogP contribution in [0.1, 0.15) is 24.8 Å². The first-order valence-electron chi connectivity index (χ1n) is 9.30. The van der Waals surface area contributed by atoms with Gasteiger partial charge in [-0.2, -0.15) is 0 Å². The molecule has 1 aliphatic rings. The van der Waals surface area contributed by atoms with Crippen LogP contribution in [0.15, 0.2) is 53.4 Å². The molecule has 2 aromatic rings. The van der Waals surface area contributed by atoms with Gasteiger partial charge < -0.3 is 10.6 Å². The topological polar surface area (TPSA) is 118 Å². The second-order valence-corrected chi connectivity index (χ2v) is 9.21. The zero-order valence-corrected chi connectivity index (χ0v) is 16.9. The van der Waals surface area contributed by atoms with Gasteiger partial charge in [-0.05, 0) is 30.5 Å². The summed E-state index contributed by atoms with van der Waals surface area (Å²) in [6.07, 6.45) is 3.60. The number of rotatable bonds is 8. The Bertz CT molecular complexity index is 1020. The minimum Gasteiger partial charge on any atom is -0.378 e. The van der Waals surface area contributed by atoms with E-state index in [4.69, 9.17) is 0 Å². The fourth-order valence-corrected chi connectivity index (χ4v) is 4.16. The molecule has 1 amide bonds. The molecule has 0 heterocycles. The van der Waals surface area contributed by atoms with Crippen LogP contribution in [-0.4, -0.2) is 38.6 Å². The van der Waals surface area contributed by atoms with Crippen LogP contribution in [0.25, 0.3) is 0 Å². The summed E-state index contributed by atoms with van der Waals surface area (Å²) in [7, 11) is -3.54. The molecule has 0 atom stereocenters. The number of hydrogen-bond acceptors (Lipinski definition) is 6. The molecule has 0 aromatic heterocycles. The number of nitrogens with zero attached hydrogens (tertiary/aromatic N) is 1. The summed E-state index contributed by atoms with van der Waals surface area (Å²) in [6.45, 7) is 0.564. The zero-order valence-electron chi connectivity index (χ0n) is 16.1. The van der Waals surface area contributed by atoms with Gasteiger partial charge in [0, 0.05) is 25.4 Å². The smallest absolute Gasteiger partial charge is 0.293 e. The van der Waals surface area contributed by atoms with Crippen LogP contribution in [0.3, 0.4) is 0 Å². The van der Waals surface area contributed by atoms with Gasteiger partial charge in [0.2, 0.25) is 5.91 Å². The highest BCUT2D eigenvalue weighted by Crippen LogP contribution is 2.43. The van der Waals surface area contributed by atoms with Gasteiger partial charge in [-0.3, -0.25) is 14.9 Å². The summed E-state index contributed by atoms with van der Waals surface area (Å²) in [5.41, 5.74) is 0.394. The van der Waals surface area contributed by atoms with E-state index in [0.717, 1.165) is 37.1 Å². The van der Waals surface area contributed by atoms with Crippen molar-refractivity contribution in [1.82, 2.24) is 5.32 Å². The normalized spacial score (nSPS) is 15.2. The Morgan fingerprint density at radius 1 is 1.14 bits per heavy atom. The Kier molecular flexibility index (Phi) is 5.88. The Balaban J connectivity index is 1.62. The van der Waals surface area contributed by atoms with Gasteiger partial charge in [-0.25, -0.2) is 8.42 Å². The van der Waals surface area contributed by atoms with Crippen molar-refractivity contribution in [2.45, 2.75) is 29.6 Å². The van der Waals surface area contributed by atoms with Crippen LogP contribution in [0.2, 0.25) is 0 Å². The SMILES string of the molecule is CS(=O)(=O)c1ccc(NCCNC(=O)C2(c3ccccc3)CCC2)c([N+](=O)[O-])c1. The van der Waals surface area contributed by atoms with Crippen molar-refractivity contribution in [3.63, 3.8) is 0 Å². The van der Waals surface area contributed by atoms with Crippen LogP contribution >= 0.6 is 0 Å². The zero-order chi connectivity index (χ0) is 21.1. The lowest BCUT2D eigenvalue weighted by molar-refractivity contribution is -0.384. The third kappa shape index (κ3) is 4.40. The number of nitrogens with one attached hydrogen (secondary N) is 2. The molecule has 154 valence electrons. The number of nitro groups is 1. The molecule has 2 aromatic carbocycles. The summed E-state index contributed by atoms with van der Waals surface area (Å²) in [5, 5.41) is 17.1. The first-order valence-corrected chi connectivity index (χ1v) is 11.2. The number of hydrogen-bond donors (Lipinski definition) is 2. The molecule has 0 unspecified atom stereocenters. The first-order chi connectivity index (χ1) is 13.7. The minimum atomic E-state index is -3.54. The molecule has 0 aliphatic heterocycles. The Labute approximate surface area is 169 Å². The van der Waals surface area contributed by atoms with E-state index in [0.29, 0.717) is 6.54 Å². The number of nitro benzene ring substituents is 1. The predicted molar refractivity (Wildman–Crippen MR) is 110 cm³/mol. The molecule has 1 aliphatic carbocycles. The summed E-state index contributed by atoms with van der Waals surface area (Å²) >= 11 is 0. The second-order valence-electron chi connectivity index (χ2n) is 7.19. The average molecular weight is 417 g/mol. The molecule has 9 heteroatoms. The van der Waals surface area contributed by atoms with Crippen molar-refractivity contribution in [1.29, 1.82) is 0 Å². The molecule has 0 spiro atoms. The molecule has 1 saturated carbocycles. The third-order valence-corrected chi connectivity index (χ3v) is 6.40. The van der Waals surface area contributed by atoms with Gasteiger partial charge in [0.15, 0.2) is 9.84 Å². The highest BCUT2D eigenvalue weighted by atomic mass is 32.2. The highest BCUT2D eigenvalue weighted by molar-refractivity contribution is 7.90. The second kappa shape index (κ2) is 8.20. The molecule has 0 saturated heterocycles. The van der Waals surface area contributed by atoms with E-state index in [2.05, 4.69) is 10.6 Å². The predicted octanol–water partition coefficient (Wildman–Crippen LogP) is 2.65. The fraction of sp³-hybridized carbons (Fsp3) is 0.350. The van der Waals surface area contributed by atoms with Crippen LogP contribution in [0.4, 0.5) is 11.4 Å². The van der Waals surface area contributed by atoms with E-state index < -0.39 is 20.2 Å². The van der Waals surface area contributed by atoms with Gasteiger partial charge in [0.05, 0.1) is 15.2 Å². The minimum absolute atomic E-state index is 0.0429. The largest absolute Gasteiger partial charge is 0.378 e. The number of carbonyl (C=O) groups is 1. The number of carbonyl (C=O) groups excluding carboxylic acids is 1. The molecule has 0 bridgehead atoms. The monoisotopic (exact) mass is 417 g/mol.